The Labute approximate surface area is 151 Å². The molecule has 0 saturated carbocycles. The average molecular weight is 354 g/mol. The minimum Gasteiger partial charge on any atom is -0.360 e. The average Bonchev–Trinajstić information content (AvgIpc) is 3.07. The summed E-state index contributed by atoms with van der Waals surface area (Å²) in [5.41, 5.74) is 4.35. The van der Waals surface area contributed by atoms with E-state index in [0.29, 0.717) is 0 Å². The van der Waals surface area contributed by atoms with E-state index in [1.807, 2.05) is 6.07 Å². The molecule has 0 radical (unpaired) electrons. The minimum atomic E-state index is 0.266. The number of benzene rings is 1. The summed E-state index contributed by atoms with van der Waals surface area (Å²) in [5.74, 6) is 0. The molecule has 1 unspecified atom stereocenters. The van der Waals surface area contributed by atoms with Crippen LogP contribution in [0.3, 0.4) is 0 Å². The number of hydrogen-bond acceptors (Lipinski definition) is 7. The van der Waals surface area contributed by atoms with Gasteiger partial charge in [0.25, 0.3) is 0 Å². The molecule has 3 heterocycles. The molecule has 25 heavy (non-hydrogen) atoms. The van der Waals surface area contributed by atoms with Crippen LogP contribution in [-0.2, 0) is 13.0 Å². The zero-order chi connectivity index (χ0) is 17.1. The summed E-state index contributed by atoms with van der Waals surface area (Å²) in [6.07, 6.45) is 4.49. The van der Waals surface area contributed by atoms with E-state index in [2.05, 4.69) is 50.0 Å². The van der Waals surface area contributed by atoms with Crippen LogP contribution in [0.4, 0.5) is 5.13 Å². The molecule has 1 aromatic carbocycles. The number of fused-ring (bicyclic) bond motifs is 2. The van der Waals surface area contributed by atoms with Crippen molar-refractivity contribution in [3.63, 3.8) is 0 Å². The number of aromatic nitrogens is 3. The fourth-order valence-electron chi connectivity index (χ4n) is 3.03. The van der Waals surface area contributed by atoms with Crippen molar-refractivity contribution in [2.75, 3.05) is 25.0 Å². The first-order valence-corrected chi connectivity index (χ1v) is 9.48. The van der Waals surface area contributed by atoms with E-state index in [0.717, 1.165) is 48.8 Å². The molecular weight excluding hydrogens is 332 g/mol. The van der Waals surface area contributed by atoms with Gasteiger partial charge in [-0.1, -0.05) is 6.07 Å². The summed E-state index contributed by atoms with van der Waals surface area (Å²) in [6.45, 7) is 5.89. The van der Waals surface area contributed by atoms with Crippen molar-refractivity contribution in [1.82, 2.24) is 25.6 Å². The maximum absolute atomic E-state index is 4.68. The maximum Gasteiger partial charge on any atom is 0.183 e. The van der Waals surface area contributed by atoms with Crippen LogP contribution in [0.5, 0.6) is 0 Å². The Balaban J connectivity index is 1.29. The van der Waals surface area contributed by atoms with Gasteiger partial charge in [0.05, 0.1) is 16.7 Å². The quantitative estimate of drug-likeness (QED) is 0.591. The van der Waals surface area contributed by atoms with Gasteiger partial charge in [-0.05, 0) is 24.6 Å². The fraction of sp³-hybridized carbons (Fsp3) is 0.389. The first kappa shape index (κ1) is 16.4. The van der Waals surface area contributed by atoms with Crippen molar-refractivity contribution in [2.45, 2.75) is 25.9 Å². The molecule has 130 valence electrons. The molecule has 6 nitrogen and oxygen atoms in total. The first-order chi connectivity index (χ1) is 12.3. The second kappa shape index (κ2) is 7.43. The molecule has 0 bridgehead atoms. The summed E-state index contributed by atoms with van der Waals surface area (Å²) >= 11 is 1.76. The number of anilines is 1. The van der Waals surface area contributed by atoms with Gasteiger partial charge in [-0.25, -0.2) is 4.98 Å². The molecule has 0 spiro atoms. The second-order valence-electron chi connectivity index (χ2n) is 6.22. The van der Waals surface area contributed by atoms with Crippen LogP contribution in [-0.4, -0.2) is 34.6 Å². The van der Waals surface area contributed by atoms with E-state index in [1.165, 1.54) is 16.1 Å². The molecular formula is C18H22N6S. The predicted octanol–water partition coefficient (Wildman–Crippen LogP) is 2.49. The third-order valence-electron chi connectivity index (χ3n) is 4.45. The van der Waals surface area contributed by atoms with E-state index < -0.39 is 0 Å². The highest BCUT2D eigenvalue weighted by molar-refractivity contribution is 7.15. The highest BCUT2D eigenvalue weighted by Crippen LogP contribution is 2.25. The molecule has 1 atom stereocenters. The molecule has 0 fully saturated rings. The van der Waals surface area contributed by atoms with Gasteiger partial charge in [0.2, 0.25) is 0 Å². The zero-order valence-corrected chi connectivity index (χ0v) is 15.1. The van der Waals surface area contributed by atoms with E-state index in [9.17, 15) is 0 Å². The van der Waals surface area contributed by atoms with Crippen LogP contribution in [0.1, 0.15) is 29.1 Å². The Morgan fingerprint density at radius 3 is 2.96 bits per heavy atom. The number of thiazole rings is 1. The summed E-state index contributed by atoms with van der Waals surface area (Å²) in [5, 5.41) is 11.4. The minimum absolute atomic E-state index is 0.266. The molecule has 2 aromatic heterocycles. The Kier molecular flexibility index (Phi) is 4.87. The molecule has 1 aliphatic rings. The van der Waals surface area contributed by atoms with Gasteiger partial charge >= 0.3 is 0 Å². The standard InChI is InChI=1S/C18H22N6S/c1-12(13-2-3-14-16(10-13)22-8-7-21-14)20-6-9-23-18-24-15-4-5-19-11-17(15)25-18/h2-3,7-8,10,12,19-20H,4-6,9,11H2,1H3,(H,23,24). The normalized spacial score (nSPS) is 15.1. The zero-order valence-electron chi connectivity index (χ0n) is 14.2. The van der Waals surface area contributed by atoms with Gasteiger partial charge in [0.15, 0.2) is 5.13 Å². The van der Waals surface area contributed by atoms with Crippen molar-refractivity contribution < 1.29 is 0 Å². The summed E-state index contributed by atoms with van der Waals surface area (Å²) in [7, 11) is 0. The topological polar surface area (TPSA) is 74.8 Å². The highest BCUT2D eigenvalue weighted by atomic mass is 32.1. The van der Waals surface area contributed by atoms with Gasteiger partial charge in [0, 0.05) is 55.9 Å². The van der Waals surface area contributed by atoms with Gasteiger partial charge in [-0.15, -0.1) is 11.3 Å². The number of rotatable bonds is 6. The molecule has 0 saturated heterocycles. The third kappa shape index (κ3) is 3.78. The summed E-state index contributed by atoms with van der Waals surface area (Å²) in [4.78, 5) is 14.7. The van der Waals surface area contributed by atoms with Gasteiger partial charge in [-0.2, -0.15) is 0 Å². The summed E-state index contributed by atoms with van der Waals surface area (Å²) in [6, 6.07) is 6.52. The highest BCUT2D eigenvalue weighted by Gasteiger charge is 2.14. The van der Waals surface area contributed by atoms with E-state index in [-0.39, 0.29) is 6.04 Å². The van der Waals surface area contributed by atoms with Crippen molar-refractivity contribution in [1.29, 1.82) is 0 Å². The lowest BCUT2D eigenvalue weighted by molar-refractivity contribution is 0.588. The molecule has 7 heteroatoms. The van der Waals surface area contributed by atoms with Gasteiger partial charge in [-0.3, -0.25) is 9.97 Å². The SMILES string of the molecule is CC(NCCNc1nc2c(s1)CNCC2)c1ccc2nccnc2c1. The van der Waals surface area contributed by atoms with Crippen LogP contribution in [0, 0.1) is 0 Å². The number of nitrogens with one attached hydrogen (secondary N) is 3. The van der Waals surface area contributed by atoms with Crippen LogP contribution in [0.2, 0.25) is 0 Å². The van der Waals surface area contributed by atoms with Crippen LogP contribution >= 0.6 is 11.3 Å². The largest absolute Gasteiger partial charge is 0.360 e. The van der Waals surface area contributed by atoms with E-state index in [1.54, 1.807) is 23.7 Å². The Morgan fingerprint density at radius 2 is 2.08 bits per heavy atom. The molecule has 3 N–H and O–H groups in total. The van der Waals surface area contributed by atoms with Crippen LogP contribution < -0.4 is 16.0 Å². The fourth-order valence-corrected chi connectivity index (χ4v) is 4.03. The second-order valence-corrected chi connectivity index (χ2v) is 7.31. The van der Waals surface area contributed by atoms with Crippen molar-refractivity contribution in [3.05, 3.63) is 46.7 Å². The smallest absolute Gasteiger partial charge is 0.183 e. The Hall–Kier alpha value is -2.09. The van der Waals surface area contributed by atoms with Crippen molar-refractivity contribution in [2.24, 2.45) is 0 Å². The lowest BCUT2D eigenvalue weighted by Gasteiger charge is -2.14. The lowest BCUT2D eigenvalue weighted by atomic mass is 10.1. The van der Waals surface area contributed by atoms with E-state index >= 15 is 0 Å². The molecule has 4 rings (SSSR count). The van der Waals surface area contributed by atoms with E-state index in [4.69, 9.17) is 0 Å². The summed E-state index contributed by atoms with van der Waals surface area (Å²) < 4.78 is 0. The molecule has 0 aliphatic carbocycles. The van der Waals surface area contributed by atoms with Gasteiger partial charge < -0.3 is 16.0 Å². The molecule has 3 aromatic rings. The monoisotopic (exact) mass is 354 g/mol. The van der Waals surface area contributed by atoms with Crippen LogP contribution in [0.25, 0.3) is 11.0 Å². The lowest BCUT2D eigenvalue weighted by Crippen LogP contribution is -2.25. The maximum atomic E-state index is 4.68. The van der Waals surface area contributed by atoms with Gasteiger partial charge in [0.1, 0.15) is 0 Å². The predicted molar refractivity (Wildman–Crippen MR) is 102 cm³/mol. The third-order valence-corrected chi connectivity index (χ3v) is 5.50. The van der Waals surface area contributed by atoms with Crippen molar-refractivity contribution >= 4 is 27.5 Å². The first-order valence-electron chi connectivity index (χ1n) is 8.67. The number of hydrogen-bond donors (Lipinski definition) is 3. The molecule has 1 aliphatic heterocycles. The van der Waals surface area contributed by atoms with Crippen molar-refractivity contribution in [3.8, 4) is 0 Å². The Bertz CT molecular complexity index is 838. The Morgan fingerprint density at radius 1 is 1.20 bits per heavy atom. The number of nitrogens with zero attached hydrogens (tertiary/aromatic N) is 3. The molecule has 0 amide bonds. The van der Waals surface area contributed by atoms with Crippen LogP contribution in [0.15, 0.2) is 30.6 Å².